The van der Waals surface area contributed by atoms with Crippen LogP contribution in [-0.4, -0.2) is 33.7 Å². The van der Waals surface area contributed by atoms with Crippen LogP contribution in [0.2, 0.25) is 5.02 Å². The second-order valence-electron chi connectivity index (χ2n) is 4.91. The monoisotopic (exact) mass is 315 g/mol. The minimum Gasteiger partial charge on any atom is -0.370 e. The van der Waals surface area contributed by atoms with Crippen LogP contribution in [0.1, 0.15) is 18.7 Å². The molecule has 2 aromatic rings. The largest absolute Gasteiger partial charge is 0.370 e. The number of benzene rings is 1. The molecule has 1 saturated heterocycles. The predicted molar refractivity (Wildman–Crippen MR) is 84.3 cm³/mol. The van der Waals surface area contributed by atoms with E-state index < -0.39 is 0 Å². The molecule has 3 rings (SSSR count). The molecule has 8 heteroatoms. The first-order valence-corrected chi connectivity index (χ1v) is 7.31. The van der Waals surface area contributed by atoms with Crippen LogP contribution < -0.4 is 10.2 Å². The van der Waals surface area contributed by atoms with Crippen LogP contribution in [0, 0.1) is 11.3 Å². The molecule has 1 aliphatic rings. The molecule has 1 fully saturated rings. The fourth-order valence-electron chi connectivity index (χ4n) is 2.43. The summed E-state index contributed by atoms with van der Waals surface area (Å²) in [4.78, 5) is 2.30. The first kappa shape index (κ1) is 14.4. The second-order valence-corrected chi connectivity index (χ2v) is 5.34. The number of nitriles is 1. The maximum absolute atomic E-state index is 9.19. The van der Waals surface area contributed by atoms with Crippen molar-refractivity contribution in [3.63, 3.8) is 0 Å². The number of nitrogens with one attached hydrogen (secondary N) is 2. The number of halogens is 1. The topological polar surface area (TPSA) is 93.5 Å². The first-order chi connectivity index (χ1) is 10.8. The molecule has 0 amide bonds. The Labute approximate surface area is 132 Å². The minimum atomic E-state index is 0.250. The zero-order valence-electron chi connectivity index (χ0n) is 11.8. The van der Waals surface area contributed by atoms with Gasteiger partial charge in [0.05, 0.1) is 11.4 Å². The minimum absolute atomic E-state index is 0.250. The third kappa shape index (κ3) is 3.02. The van der Waals surface area contributed by atoms with E-state index in [2.05, 4.69) is 30.8 Å². The Balaban J connectivity index is 1.88. The van der Waals surface area contributed by atoms with E-state index in [-0.39, 0.29) is 5.82 Å². The molecule has 7 nitrogen and oxygen atoms in total. The molecule has 1 aliphatic heterocycles. The summed E-state index contributed by atoms with van der Waals surface area (Å²) >= 11 is 6.09. The molecule has 0 radical (unpaired) electrons. The molecule has 0 bridgehead atoms. The van der Waals surface area contributed by atoms with Gasteiger partial charge in [-0.1, -0.05) is 11.6 Å². The normalized spacial score (nSPS) is 14.9. The highest BCUT2D eigenvalue weighted by Gasteiger charge is 2.16. The van der Waals surface area contributed by atoms with Gasteiger partial charge in [0.25, 0.3) is 0 Å². The highest BCUT2D eigenvalue weighted by atomic mass is 35.5. The summed E-state index contributed by atoms with van der Waals surface area (Å²) in [6, 6.07) is 7.75. The lowest BCUT2D eigenvalue weighted by molar-refractivity contribution is 0.881. The molecule has 2 heterocycles. The van der Waals surface area contributed by atoms with Crippen LogP contribution >= 0.6 is 11.6 Å². The number of nitrogens with zero attached hydrogens (tertiary/aromatic N) is 5. The fourth-order valence-corrected chi connectivity index (χ4v) is 2.60. The van der Waals surface area contributed by atoms with Gasteiger partial charge < -0.3 is 10.2 Å². The molecule has 1 aromatic heterocycles. The Kier molecular flexibility index (Phi) is 4.21. The Morgan fingerprint density at radius 1 is 1.41 bits per heavy atom. The number of allylic oxidation sites excluding steroid dienone is 1. The standard InChI is InChI=1S/C14H14ClN7/c15-11-3-4-13(22-5-1-2-6-22)12(7-11)17-9-10(8-16)14-18-20-21-19-14/h3-4,7,9,17H,1-2,5-6H2,(H,18,19,20,21). The number of tetrazole rings is 1. The average molecular weight is 316 g/mol. The number of hydrogen-bond acceptors (Lipinski definition) is 6. The Hall–Kier alpha value is -2.59. The highest BCUT2D eigenvalue weighted by Crippen LogP contribution is 2.31. The summed E-state index contributed by atoms with van der Waals surface area (Å²) in [5.41, 5.74) is 2.22. The third-order valence-electron chi connectivity index (χ3n) is 3.48. The predicted octanol–water partition coefficient (Wildman–Crippen LogP) is 2.43. The Morgan fingerprint density at radius 2 is 2.23 bits per heavy atom. The lowest BCUT2D eigenvalue weighted by Gasteiger charge is -2.21. The summed E-state index contributed by atoms with van der Waals surface area (Å²) in [7, 11) is 0. The van der Waals surface area contributed by atoms with E-state index in [9.17, 15) is 5.26 Å². The first-order valence-electron chi connectivity index (χ1n) is 6.93. The summed E-state index contributed by atoms with van der Waals surface area (Å²) in [6.07, 6.45) is 3.94. The van der Waals surface area contributed by atoms with Gasteiger partial charge in [-0.05, 0) is 36.3 Å². The quantitative estimate of drug-likeness (QED) is 0.842. The van der Waals surface area contributed by atoms with Crippen molar-refractivity contribution in [3.8, 4) is 6.07 Å². The second kappa shape index (κ2) is 6.45. The summed E-state index contributed by atoms with van der Waals surface area (Å²) in [5.74, 6) is 0.250. The smallest absolute Gasteiger partial charge is 0.216 e. The number of H-pyrrole nitrogens is 1. The zero-order valence-corrected chi connectivity index (χ0v) is 12.5. The number of anilines is 2. The van der Waals surface area contributed by atoms with Gasteiger partial charge in [0.1, 0.15) is 11.6 Å². The van der Waals surface area contributed by atoms with E-state index in [0.717, 1.165) is 24.5 Å². The molecular formula is C14H14ClN7. The SMILES string of the molecule is N#CC(=CNc1cc(Cl)ccc1N1CCCC1)c1nn[nH]n1. The van der Waals surface area contributed by atoms with Crippen molar-refractivity contribution in [1.29, 1.82) is 5.26 Å². The number of aromatic nitrogens is 4. The molecule has 0 atom stereocenters. The Morgan fingerprint density at radius 3 is 2.91 bits per heavy atom. The molecule has 1 aromatic carbocycles. The lowest BCUT2D eigenvalue weighted by Crippen LogP contribution is -2.18. The zero-order chi connectivity index (χ0) is 15.4. The average Bonchev–Trinajstić information content (AvgIpc) is 3.21. The van der Waals surface area contributed by atoms with E-state index in [0.29, 0.717) is 10.6 Å². The molecule has 0 spiro atoms. The van der Waals surface area contributed by atoms with Crippen LogP contribution in [0.4, 0.5) is 11.4 Å². The van der Waals surface area contributed by atoms with Crippen LogP contribution in [-0.2, 0) is 0 Å². The van der Waals surface area contributed by atoms with Gasteiger partial charge in [0.15, 0.2) is 0 Å². The maximum Gasteiger partial charge on any atom is 0.216 e. The van der Waals surface area contributed by atoms with Gasteiger partial charge in [-0.3, -0.25) is 0 Å². The van der Waals surface area contributed by atoms with Crippen molar-refractivity contribution in [3.05, 3.63) is 35.2 Å². The molecule has 112 valence electrons. The van der Waals surface area contributed by atoms with E-state index in [1.54, 1.807) is 6.20 Å². The van der Waals surface area contributed by atoms with Crippen LogP contribution in [0.5, 0.6) is 0 Å². The van der Waals surface area contributed by atoms with Crippen LogP contribution in [0.25, 0.3) is 5.57 Å². The van der Waals surface area contributed by atoms with Crippen molar-refractivity contribution in [1.82, 2.24) is 20.6 Å². The lowest BCUT2D eigenvalue weighted by atomic mass is 10.2. The Bertz CT molecular complexity index is 711. The van der Waals surface area contributed by atoms with Gasteiger partial charge in [-0.15, -0.1) is 10.2 Å². The number of hydrogen-bond donors (Lipinski definition) is 2. The van der Waals surface area contributed by atoms with Crippen LogP contribution in [0.3, 0.4) is 0 Å². The summed E-state index contributed by atoms with van der Waals surface area (Å²) < 4.78 is 0. The maximum atomic E-state index is 9.19. The van der Waals surface area contributed by atoms with Crippen molar-refractivity contribution in [2.45, 2.75) is 12.8 Å². The highest BCUT2D eigenvalue weighted by molar-refractivity contribution is 6.31. The van der Waals surface area contributed by atoms with Crippen LogP contribution in [0.15, 0.2) is 24.4 Å². The fraction of sp³-hybridized carbons (Fsp3) is 0.286. The van der Waals surface area contributed by atoms with Gasteiger partial charge >= 0.3 is 0 Å². The van der Waals surface area contributed by atoms with Crippen molar-refractivity contribution in [2.24, 2.45) is 0 Å². The molecular weight excluding hydrogens is 302 g/mol. The van der Waals surface area contributed by atoms with Crippen molar-refractivity contribution in [2.75, 3.05) is 23.3 Å². The number of aromatic amines is 1. The van der Waals surface area contributed by atoms with Crippen molar-refractivity contribution < 1.29 is 0 Å². The van der Waals surface area contributed by atoms with Gasteiger partial charge in [0, 0.05) is 24.3 Å². The number of rotatable bonds is 4. The summed E-state index contributed by atoms with van der Waals surface area (Å²) in [6.45, 7) is 2.05. The van der Waals surface area contributed by atoms with E-state index in [1.165, 1.54) is 12.8 Å². The molecule has 0 aliphatic carbocycles. The molecule has 22 heavy (non-hydrogen) atoms. The molecule has 2 N–H and O–H groups in total. The van der Waals surface area contributed by atoms with E-state index in [1.807, 2.05) is 24.3 Å². The van der Waals surface area contributed by atoms with Crippen molar-refractivity contribution >= 4 is 28.5 Å². The summed E-state index contributed by atoms with van der Waals surface area (Å²) in [5, 5.41) is 26.4. The van der Waals surface area contributed by atoms with Gasteiger partial charge in [0.2, 0.25) is 5.82 Å². The molecule has 0 unspecified atom stereocenters. The van der Waals surface area contributed by atoms with Gasteiger partial charge in [-0.25, -0.2) is 0 Å². The molecule has 0 saturated carbocycles. The van der Waals surface area contributed by atoms with Gasteiger partial charge in [-0.2, -0.15) is 10.5 Å². The third-order valence-corrected chi connectivity index (χ3v) is 3.72. The van der Waals surface area contributed by atoms with E-state index in [4.69, 9.17) is 11.6 Å². The van der Waals surface area contributed by atoms with E-state index >= 15 is 0 Å².